The highest BCUT2D eigenvalue weighted by Gasteiger charge is 2.12. The molecule has 0 atom stereocenters. The number of hydrogen-bond donors (Lipinski definition) is 2. The van der Waals surface area contributed by atoms with E-state index in [0.717, 1.165) is 26.2 Å². The van der Waals surface area contributed by atoms with Crippen LogP contribution in [0, 0.1) is 10.1 Å². The summed E-state index contributed by atoms with van der Waals surface area (Å²) in [6, 6.07) is 2.93. The lowest BCUT2D eigenvalue weighted by molar-refractivity contribution is -0.384. The predicted molar refractivity (Wildman–Crippen MR) is 71.6 cm³/mol. The number of anilines is 2. The third-order valence-electron chi connectivity index (χ3n) is 2.73. The molecular formula is C11H19N5O2. The molecule has 1 aromatic rings. The molecule has 7 heteroatoms. The molecule has 0 aliphatic rings. The van der Waals surface area contributed by atoms with Crippen LogP contribution in [0.25, 0.3) is 0 Å². The molecule has 0 unspecified atom stereocenters. The smallest absolute Gasteiger partial charge is 0.311 e. The molecule has 1 rings (SSSR count). The van der Waals surface area contributed by atoms with E-state index in [9.17, 15) is 10.1 Å². The Morgan fingerprint density at radius 1 is 1.44 bits per heavy atom. The van der Waals surface area contributed by atoms with Gasteiger partial charge < -0.3 is 16.0 Å². The lowest BCUT2D eigenvalue weighted by Crippen LogP contribution is -2.28. The molecule has 3 N–H and O–H groups in total. The number of likely N-dealkylation sites (N-methyl/N-ethyl adjacent to an activating group) is 1. The minimum absolute atomic E-state index is 0.0622. The summed E-state index contributed by atoms with van der Waals surface area (Å²) in [5.41, 5.74) is 5.34. The molecule has 1 heterocycles. The number of rotatable bonds is 7. The molecule has 0 saturated heterocycles. The summed E-state index contributed by atoms with van der Waals surface area (Å²) in [7, 11) is 0. The first-order valence-electron chi connectivity index (χ1n) is 5.95. The van der Waals surface area contributed by atoms with Gasteiger partial charge in [0.15, 0.2) is 0 Å². The van der Waals surface area contributed by atoms with E-state index in [2.05, 4.69) is 29.0 Å². The Balaban J connectivity index is 2.53. The highest BCUT2D eigenvalue weighted by Crippen LogP contribution is 2.20. The van der Waals surface area contributed by atoms with Crippen LogP contribution in [-0.4, -0.2) is 41.0 Å². The van der Waals surface area contributed by atoms with E-state index >= 15 is 0 Å². The van der Waals surface area contributed by atoms with E-state index in [1.165, 1.54) is 6.07 Å². The van der Waals surface area contributed by atoms with E-state index in [1.807, 2.05) is 0 Å². The van der Waals surface area contributed by atoms with Gasteiger partial charge in [-0.05, 0) is 19.2 Å². The molecule has 0 aromatic carbocycles. The summed E-state index contributed by atoms with van der Waals surface area (Å²) < 4.78 is 0. The van der Waals surface area contributed by atoms with Crippen molar-refractivity contribution in [2.45, 2.75) is 13.8 Å². The molecule has 1 aromatic heterocycles. The first-order chi connectivity index (χ1) is 8.58. The number of nitrogens with two attached hydrogens (primary N) is 1. The maximum Gasteiger partial charge on any atom is 0.311 e. The van der Waals surface area contributed by atoms with Crippen LogP contribution in [0.15, 0.2) is 12.1 Å². The summed E-state index contributed by atoms with van der Waals surface area (Å²) in [6.07, 6.45) is 0. The third kappa shape index (κ3) is 3.85. The van der Waals surface area contributed by atoms with E-state index in [-0.39, 0.29) is 11.5 Å². The average Bonchev–Trinajstić information content (AvgIpc) is 2.34. The number of hydrogen-bond acceptors (Lipinski definition) is 6. The van der Waals surface area contributed by atoms with E-state index in [4.69, 9.17) is 5.73 Å². The monoisotopic (exact) mass is 253 g/mol. The summed E-state index contributed by atoms with van der Waals surface area (Å²) in [5.74, 6) is 0.498. The van der Waals surface area contributed by atoms with Gasteiger partial charge in [-0.1, -0.05) is 13.8 Å². The maximum absolute atomic E-state index is 10.6. The molecule has 0 fully saturated rings. The van der Waals surface area contributed by atoms with Gasteiger partial charge in [-0.2, -0.15) is 0 Å². The van der Waals surface area contributed by atoms with Crippen LogP contribution in [0.4, 0.5) is 17.3 Å². The van der Waals surface area contributed by atoms with Crippen LogP contribution in [0.5, 0.6) is 0 Å². The second-order valence-corrected chi connectivity index (χ2v) is 3.81. The topological polar surface area (TPSA) is 97.3 Å². The second kappa shape index (κ2) is 6.75. The average molecular weight is 253 g/mol. The Morgan fingerprint density at radius 3 is 2.61 bits per heavy atom. The molecule has 100 valence electrons. The van der Waals surface area contributed by atoms with Crippen molar-refractivity contribution in [2.75, 3.05) is 37.2 Å². The van der Waals surface area contributed by atoms with Gasteiger partial charge in [-0.3, -0.25) is 10.1 Å². The van der Waals surface area contributed by atoms with Crippen LogP contribution >= 0.6 is 0 Å². The zero-order valence-electron chi connectivity index (χ0n) is 10.7. The normalized spacial score (nSPS) is 10.6. The van der Waals surface area contributed by atoms with Crippen LogP contribution < -0.4 is 11.1 Å². The zero-order valence-corrected chi connectivity index (χ0v) is 10.7. The van der Waals surface area contributed by atoms with Crippen molar-refractivity contribution >= 4 is 17.3 Å². The van der Waals surface area contributed by atoms with Gasteiger partial charge in [0.05, 0.1) is 4.92 Å². The summed E-state index contributed by atoms with van der Waals surface area (Å²) >= 11 is 0. The molecule has 7 nitrogen and oxygen atoms in total. The second-order valence-electron chi connectivity index (χ2n) is 3.81. The van der Waals surface area contributed by atoms with Crippen molar-refractivity contribution in [1.82, 2.24) is 9.88 Å². The quantitative estimate of drug-likeness (QED) is 0.562. The van der Waals surface area contributed by atoms with Crippen LogP contribution in [0.3, 0.4) is 0 Å². The minimum Gasteiger partial charge on any atom is -0.378 e. The van der Waals surface area contributed by atoms with Gasteiger partial charge in [-0.25, -0.2) is 4.98 Å². The Bertz CT molecular complexity index is 406. The van der Waals surface area contributed by atoms with Crippen molar-refractivity contribution < 1.29 is 4.92 Å². The SMILES string of the molecule is CCN(CC)CCNc1ccc([N+](=O)[O-])c(N)n1. The number of nitrogens with zero attached hydrogens (tertiary/aromatic N) is 3. The molecule has 0 saturated carbocycles. The molecule has 0 radical (unpaired) electrons. The highest BCUT2D eigenvalue weighted by atomic mass is 16.6. The number of nitrogen functional groups attached to an aromatic ring is 1. The van der Waals surface area contributed by atoms with Gasteiger partial charge in [0.1, 0.15) is 5.82 Å². The summed E-state index contributed by atoms with van der Waals surface area (Å²) in [4.78, 5) is 16.2. The first kappa shape index (κ1) is 14.2. The predicted octanol–water partition coefficient (Wildman–Crippen LogP) is 1.33. The Morgan fingerprint density at radius 2 is 2.11 bits per heavy atom. The molecule has 0 aliphatic carbocycles. The lowest BCUT2D eigenvalue weighted by Gasteiger charge is -2.18. The van der Waals surface area contributed by atoms with Crippen LogP contribution in [-0.2, 0) is 0 Å². The molecule has 0 amide bonds. The van der Waals surface area contributed by atoms with Crippen molar-refractivity contribution in [1.29, 1.82) is 0 Å². The van der Waals surface area contributed by atoms with Crippen molar-refractivity contribution in [3.63, 3.8) is 0 Å². The molecule has 0 spiro atoms. The van der Waals surface area contributed by atoms with Gasteiger partial charge in [0.25, 0.3) is 0 Å². The number of nitro groups is 1. The Labute approximate surface area is 106 Å². The molecule has 0 aliphatic heterocycles. The van der Waals surface area contributed by atoms with Gasteiger partial charge in [0, 0.05) is 19.2 Å². The van der Waals surface area contributed by atoms with E-state index in [1.54, 1.807) is 6.07 Å². The van der Waals surface area contributed by atoms with E-state index in [0.29, 0.717) is 5.82 Å². The van der Waals surface area contributed by atoms with Gasteiger partial charge >= 0.3 is 5.69 Å². The van der Waals surface area contributed by atoms with Crippen molar-refractivity contribution in [3.05, 3.63) is 22.2 Å². The van der Waals surface area contributed by atoms with Crippen LogP contribution in [0.2, 0.25) is 0 Å². The Kier molecular flexibility index (Phi) is 5.31. The standard InChI is InChI=1S/C11H19N5O2/c1-3-15(4-2)8-7-13-10-6-5-9(16(17)18)11(12)14-10/h5-6H,3-4,7-8H2,1-2H3,(H3,12,13,14). The van der Waals surface area contributed by atoms with Gasteiger partial charge in [0.2, 0.25) is 5.82 Å². The zero-order chi connectivity index (χ0) is 13.5. The molecule has 0 bridgehead atoms. The van der Waals surface area contributed by atoms with Crippen molar-refractivity contribution in [2.24, 2.45) is 0 Å². The number of aromatic nitrogens is 1. The largest absolute Gasteiger partial charge is 0.378 e. The fraction of sp³-hybridized carbons (Fsp3) is 0.545. The fourth-order valence-corrected chi connectivity index (χ4v) is 1.60. The van der Waals surface area contributed by atoms with Crippen molar-refractivity contribution in [3.8, 4) is 0 Å². The third-order valence-corrected chi connectivity index (χ3v) is 2.73. The first-order valence-corrected chi connectivity index (χ1v) is 5.95. The minimum atomic E-state index is -0.540. The Hall–Kier alpha value is -1.89. The molecular weight excluding hydrogens is 234 g/mol. The number of nitrogens with one attached hydrogen (secondary N) is 1. The molecule has 18 heavy (non-hydrogen) atoms. The fourth-order valence-electron chi connectivity index (χ4n) is 1.60. The van der Waals surface area contributed by atoms with E-state index < -0.39 is 4.92 Å². The van der Waals surface area contributed by atoms with Crippen LogP contribution in [0.1, 0.15) is 13.8 Å². The summed E-state index contributed by atoms with van der Waals surface area (Å²) in [5, 5.41) is 13.7. The maximum atomic E-state index is 10.6. The number of pyridine rings is 1. The summed E-state index contributed by atoms with van der Waals surface area (Å²) in [6.45, 7) is 7.82. The highest BCUT2D eigenvalue weighted by molar-refractivity contribution is 5.57. The lowest BCUT2D eigenvalue weighted by atomic mass is 10.3. The van der Waals surface area contributed by atoms with Gasteiger partial charge in [-0.15, -0.1) is 0 Å².